The van der Waals surface area contributed by atoms with Crippen molar-refractivity contribution in [2.45, 2.75) is 0 Å². The van der Waals surface area contributed by atoms with Crippen molar-refractivity contribution in [1.29, 1.82) is 0 Å². The Kier molecular flexibility index (Phi) is 2.30. The van der Waals surface area contributed by atoms with Crippen molar-refractivity contribution < 1.29 is 4.39 Å². The van der Waals surface area contributed by atoms with E-state index in [1.54, 1.807) is 0 Å². The molecule has 0 aliphatic carbocycles. The Bertz CT molecular complexity index is 444. The fourth-order valence-electron chi connectivity index (χ4n) is 0.845. The van der Waals surface area contributed by atoms with Crippen molar-refractivity contribution in [3.63, 3.8) is 0 Å². The van der Waals surface area contributed by atoms with E-state index in [9.17, 15) is 4.39 Å². The quantitative estimate of drug-likeness (QED) is 0.534. The van der Waals surface area contributed by atoms with Gasteiger partial charge in [-0.1, -0.05) is 0 Å². The lowest BCUT2D eigenvalue weighted by Gasteiger charge is -1.95. The van der Waals surface area contributed by atoms with Crippen molar-refractivity contribution in [1.82, 2.24) is 8.75 Å². The zero-order valence-electron chi connectivity index (χ0n) is 5.51. The number of hydrogen-bond donors (Lipinski definition) is 0. The average molecular weight is 359 g/mol. The first kappa shape index (κ1) is 8.76. The molecule has 0 amide bonds. The molecule has 2 rings (SSSR count). The molecular formula is C6HBrFIN2S. The standard InChI is InChI=1S/C6HBrFIN2S/c7-2-1-3(8)4(9)6-5(2)10-12-11-6/h1H. The summed E-state index contributed by atoms with van der Waals surface area (Å²) in [5, 5.41) is 0. The highest BCUT2D eigenvalue weighted by Gasteiger charge is 2.11. The first-order valence-corrected chi connectivity index (χ1v) is 5.56. The minimum atomic E-state index is -0.261. The molecule has 0 aliphatic heterocycles. The first-order chi connectivity index (χ1) is 5.70. The van der Waals surface area contributed by atoms with Gasteiger partial charge in [0.25, 0.3) is 0 Å². The van der Waals surface area contributed by atoms with Crippen LogP contribution >= 0.6 is 50.2 Å². The largest absolute Gasteiger partial charge is 0.206 e. The summed E-state index contributed by atoms with van der Waals surface area (Å²) in [5.41, 5.74) is 1.36. The fraction of sp³-hybridized carbons (Fsp3) is 0. The molecule has 0 saturated heterocycles. The van der Waals surface area contributed by atoms with E-state index in [-0.39, 0.29) is 5.82 Å². The molecule has 0 N–H and O–H groups in total. The van der Waals surface area contributed by atoms with Crippen LogP contribution in [0.1, 0.15) is 0 Å². The summed E-state index contributed by atoms with van der Waals surface area (Å²) >= 11 is 6.23. The van der Waals surface area contributed by atoms with Crippen LogP contribution in [-0.2, 0) is 0 Å². The Labute approximate surface area is 93.8 Å². The molecule has 0 bridgehead atoms. The smallest absolute Gasteiger partial charge is 0.140 e. The van der Waals surface area contributed by atoms with Crippen molar-refractivity contribution in [2.75, 3.05) is 0 Å². The maximum absolute atomic E-state index is 13.1. The highest BCUT2D eigenvalue weighted by atomic mass is 127. The van der Waals surface area contributed by atoms with Gasteiger partial charge in [-0.2, -0.15) is 8.75 Å². The molecule has 62 valence electrons. The monoisotopic (exact) mass is 358 g/mol. The van der Waals surface area contributed by atoms with Gasteiger partial charge in [-0.05, 0) is 44.6 Å². The van der Waals surface area contributed by atoms with Crippen LogP contribution in [-0.4, -0.2) is 8.75 Å². The van der Waals surface area contributed by atoms with Gasteiger partial charge in [0.1, 0.15) is 16.9 Å². The Balaban J connectivity index is 2.97. The molecule has 0 spiro atoms. The van der Waals surface area contributed by atoms with Gasteiger partial charge in [-0.25, -0.2) is 4.39 Å². The lowest BCUT2D eigenvalue weighted by molar-refractivity contribution is 0.621. The number of aromatic nitrogens is 2. The van der Waals surface area contributed by atoms with Crippen LogP contribution in [0.3, 0.4) is 0 Å². The summed E-state index contributed by atoms with van der Waals surface area (Å²) < 4.78 is 22.3. The number of nitrogens with zero attached hydrogens (tertiary/aromatic N) is 2. The molecule has 0 saturated carbocycles. The zero-order valence-corrected chi connectivity index (χ0v) is 10.1. The molecule has 6 heteroatoms. The third-order valence-corrected chi connectivity index (χ3v) is 3.54. The minimum Gasteiger partial charge on any atom is -0.206 e. The molecule has 2 aromatic rings. The van der Waals surface area contributed by atoms with E-state index in [1.165, 1.54) is 6.07 Å². The van der Waals surface area contributed by atoms with Gasteiger partial charge < -0.3 is 0 Å². The van der Waals surface area contributed by atoms with Crippen LogP contribution in [0.4, 0.5) is 4.39 Å². The van der Waals surface area contributed by atoms with Crippen molar-refractivity contribution in [3.8, 4) is 0 Å². The van der Waals surface area contributed by atoms with Crippen LogP contribution in [0.15, 0.2) is 10.5 Å². The Morgan fingerprint density at radius 1 is 1.42 bits per heavy atom. The van der Waals surface area contributed by atoms with Gasteiger partial charge in [-0.3, -0.25) is 0 Å². The number of hydrogen-bond acceptors (Lipinski definition) is 3. The lowest BCUT2D eigenvalue weighted by atomic mass is 10.3. The topological polar surface area (TPSA) is 25.8 Å². The predicted octanol–water partition coefficient (Wildman–Crippen LogP) is 3.20. The second-order valence-electron chi connectivity index (χ2n) is 2.12. The van der Waals surface area contributed by atoms with E-state index >= 15 is 0 Å². The maximum Gasteiger partial charge on any atom is 0.140 e. The Hall–Kier alpha value is 0.180. The van der Waals surface area contributed by atoms with E-state index in [1.807, 2.05) is 22.6 Å². The second kappa shape index (κ2) is 3.15. The van der Waals surface area contributed by atoms with Crippen molar-refractivity contribution >= 4 is 61.3 Å². The van der Waals surface area contributed by atoms with Gasteiger partial charge >= 0.3 is 0 Å². The van der Waals surface area contributed by atoms with Gasteiger partial charge in [0.2, 0.25) is 0 Å². The van der Waals surface area contributed by atoms with Crippen molar-refractivity contribution in [3.05, 3.63) is 19.9 Å². The minimum absolute atomic E-state index is 0.261. The third-order valence-electron chi connectivity index (χ3n) is 1.39. The number of halogens is 3. The number of rotatable bonds is 0. The van der Waals surface area contributed by atoms with Gasteiger partial charge in [0.15, 0.2) is 0 Å². The SMILES string of the molecule is Fc1cc(Br)c2nsnc2c1I. The summed E-state index contributed by atoms with van der Waals surface area (Å²) in [6.07, 6.45) is 0. The molecule has 1 heterocycles. The van der Waals surface area contributed by atoms with Crippen LogP contribution in [0, 0.1) is 9.39 Å². The average Bonchev–Trinajstić information content (AvgIpc) is 2.48. The second-order valence-corrected chi connectivity index (χ2v) is 4.58. The molecule has 0 fully saturated rings. The predicted molar refractivity (Wildman–Crippen MR) is 57.8 cm³/mol. The van der Waals surface area contributed by atoms with Gasteiger partial charge in [0.05, 0.1) is 15.3 Å². The van der Waals surface area contributed by atoms with Crippen LogP contribution in [0.5, 0.6) is 0 Å². The molecule has 0 unspecified atom stereocenters. The Morgan fingerprint density at radius 2 is 2.08 bits per heavy atom. The summed E-state index contributed by atoms with van der Waals surface area (Å²) in [7, 11) is 0. The molecule has 1 aromatic heterocycles. The van der Waals surface area contributed by atoms with Crippen molar-refractivity contribution in [2.24, 2.45) is 0 Å². The maximum atomic E-state index is 13.1. The zero-order chi connectivity index (χ0) is 8.72. The molecule has 0 radical (unpaired) electrons. The fourth-order valence-corrected chi connectivity index (χ4v) is 2.70. The summed E-state index contributed by atoms with van der Waals surface area (Å²) in [6.45, 7) is 0. The normalized spacial score (nSPS) is 10.9. The van der Waals surface area contributed by atoms with E-state index < -0.39 is 0 Å². The molecule has 0 atom stereocenters. The summed E-state index contributed by atoms with van der Waals surface area (Å²) in [5.74, 6) is -0.261. The highest BCUT2D eigenvalue weighted by molar-refractivity contribution is 14.1. The van der Waals surface area contributed by atoms with Crippen LogP contribution in [0.25, 0.3) is 11.0 Å². The highest BCUT2D eigenvalue weighted by Crippen LogP contribution is 2.28. The Morgan fingerprint density at radius 3 is 2.83 bits per heavy atom. The molecule has 0 aliphatic rings. The van der Waals surface area contributed by atoms with Gasteiger partial charge in [0, 0.05) is 4.47 Å². The van der Waals surface area contributed by atoms with E-state index in [4.69, 9.17) is 0 Å². The molecular weight excluding hydrogens is 358 g/mol. The summed E-state index contributed by atoms with van der Waals surface area (Å²) in [4.78, 5) is 0. The molecule has 12 heavy (non-hydrogen) atoms. The number of benzene rings is 1. The van der Waals surface area contributed by atoms with E-state index in [0.717, 1.165) is 17.2 Å². The van der Waals surface area contributed by atoms with Crippen LogP contribution < -0.4 is 0 Å². The molecule has 1 aromatic carbocycles. The van der Waals surface area contributed by atoms with E-state index in [2.05, 4.69) is 24.7 Å². The van der Waals surface area contributed by atoms with E-state index in [0.29, 0.717) is 13.6 Å². The lowest BCUT2D eigenvalue weighted by Crippen LogP contribution is -1.84. The number of fused-ring (bicyclic) bond motifs is 1. The first-order valence-electron chi connectivity index (χ1n) is 2.96. The molecule has 2 nitrogen and oxygen atoms in total. The summed E-state index contributed by atoms with van der Waals surface area (Å²) in [6, 6.07) is 1.41. The van der Waals surface area contributed by atoms with Gasteiger partial charge in [-0.15, -0.1) is 0 Å². The third kappa shape index (κ3) is 1.25. The van der Waals surface area contributed by atoms with Crippen LogP contribution in [0.2, 0.25) is 0 Å².